The highest BCUT2D eigenvalue weighted by Crippen LogP contribution is 2.08. The van der Waals surface area contributed by atoms with Crippen LogP contribution in [0.5, 0.6) is 0 Å². The van der Waals surface area contributed by atoms with Crippen LogP contribution < -0.4 is 10.6 Å². The summed E-state index contributed by atoms with van der Waals surface area (Å²) in [5, 5.41) is 5.44. The monoisotopic (exact) mass is 301 g/mol. The molecule has 1 heterocycles. The molecule has 1 aromatic carbocycles. The molecule has 0 aromatic heterocycles. The van der Waals surface area contributed by atoms with Gasteiger partial charge < -0.3 is 15.5 Å². The summed E-state index contributed by atoms with van der Waals surface area (Å²) in [6.07, 6.45) is 6.40. The summed E-state index contributed by atoms with van der Waals surface area (Å²) in [6.45, 7) is 2.55. The van der Waals surface area contributed by atoms with Gasteiger partial charge in [0, 0.05) is 32.6 Å². The van der Waals surface area contributed by atoms with E-state index in [0.717, 1.165) is 31.5 Å². The second kappa shape index (κ2) is 8.87. The molecule has 1 aromatic rings. The lowest BCUT2D eigenvalue weighted by molar-refractivity contribution is -0.129. The van der Waals surface area contributed by atoms with Gasteiger partial charge in [0.2, 0.25) is 5.91 Å². The first kappa shape index (κ1) is 16.1. The molecule has 0 spiro atoms. The zero-order chi connectivity index (χ0) is 15.6. The van der Waals surface area contributed by atoms with Crippen LogP contribution in [0.25, 0.3) is 6.08 Å². The van der Waals surface area contributed by atoms with Gasteiger partial charge in [0.1, 0.15) is 0 Å². The van der Waals surface area contributed by atoms with Gasteiger partial charge in [0.15, 0.2) is 0 Å². The summed E-state index contributed by atoms with van der Waals surface area (Å²) in [4.78, 5) is 25.2. The Kier molecular flexibility index (Phi) is 6.48. The van der Waals surface area contributed by atoms with Gasteiger partial charge in [-0.1, -0.05) is 42.5 Å². The number of hydrogen-bond donors (Lipinski definition) is 2. The molecule has 0 unspecified atom stereocenters. The third-order valence-corrected chi connectivity index (χ3v) is 3.57. The molecule has 0 aliphatic carbocycles. The van der Waals surface area contributed by atoms with Crippen LogP contribution in [0.15, 0.2) is 36.4 Å². The summed E-state index contributed by atoms with van der Waals surface area (Å²) in [7, 11) is 0. The molecule has 5 nitrogen and oxygen atoms in total. The molecule has 0 atom stereocenters. The highest BCUT2D eigenvalue weighted by atomic mass is 16.2. The number of likely N-dealkylation sites (tertiary alicyclic amines) is 1. The number of hydrogen-bond acceptors (Lipinski definition) is 2. The number of benzene rings is 1. The van der Waals surface area contributed by atoms with Crippen LogP contribution in [-0.2, 0) is 4.79 Å². The fraction of sp³-hybridized carbons (Fsp3) is 0.412. The number of carbonyl (C=O) groups is 2. The highest BCUT2D eigenvalue weighted by molar-refractivity contribution is 5.78. The van der Waals surface area contributed by atoms with E-state index in [1.807, 2.05) is 47.4 Å². The van der Waals surface area contributed by atoms with Crippen molar-refractivity contribution in [3.05, 3.63) is 42.0 Å². The maximum absolute atomic E-state index is 11.8. The maximum Gasteiger partial charge on any atom is 0.315 e. The van der Waals surface area contributed by atoms with Gasteiger partial charge in [-0.05, 0) is 18.4 Å². The van der Waals surface area contributed by atoms with Gasteiger partial charge >= 0.3 is 6.03 Å². The van der Waals surface area contributed by atoms with Gasteiger partial charge in [-0.3, -0.25) is 4.79 Å². The van der Waals surface area contributed by atoms with E-state index in [2.05, 4.69) is 10.6 Å². The van der Waals surface area contributed by atoms with E-state index in [4.69, 9.17) is 0 Å². The number of rotatable bonds is 6. The van der Waals surface area contributed by atoms with Crippen molar-refractivity contribution in [2.24, 2.45) is 0 Å². The van der Waals surface area contributed by atoms with Crippen LogP contribution in [-0.4, -0.2) is 43.0 Å². The molecule has 3 amide bonds. The SMILES string of the molecule is O=C(NCC=Cc1ccccc1)NCCC(=O)N1CCCC1. The Morgan fingerprint density at radius 2 is 1.82 bits per heavy atom. The number of nitrogens with one attached hydrogen (secondary N) is 2. The molecule has 1 aliphatic heterocycles. The first-order chi connectivity index (χ1) is 10.8. The van der Waals surface area contributed by atoms with Gasteiger partial charge in [-0.2, -0.15) is 0 Å². The van der Waals surface area contributed by atoms with Crippen molar-refractivity contribution in [1.82, 2.24) is 15.5 Å². The van der Waals surface area contributed by atoms with Crippen LogP contribution in [0.4, 0.5) is 4.79 Å². The third kappa shape index (κ3) is 5.60. The summed E-state index contributed by atoms with van der Waals surface area (Å²) >= 11 is 0. The Labute approximate surface area is 131 Å². The molecule has 0 saturated carbocycles. The Balaban J connectivity index is 1.56. The molecule has 0 radical (unpaired) electrons. The number of amides is 3. The molecule has 2 rings (SSSR count). The Morgan fingerprint density at radius 1 is 1.09 bits per heavy atom. The van der Waals surface area contributed by atoms with E-state index in [9.17, 15) is 9.59 Å². The minimum atomic E-state index is -0.244. The predicted octanol–water partition coefficient (Wildman–Crippen LogP) is 2.01. The Hall–Kier alpha value is -2.30. The number of carbonyl (C=O) groups excluding carboxylic acids is 2. The van der Waals surface area contributed by atoms with Gasteiger partial charge in [0.25, 0.3) is 0 Å². The smallest absolute Gasteiger partial charge is 0.315 e. The zero-order valence-corrected chi connectivity index (χ0v) is 12.8. The van der Waals surface area contributed by atoms with E-state index in [1.165, 1.54) is 0 Å². The number of urea groups is 1. The molecule has 0 bridgehead atoms. The second-order valence-electron chi connectivity index (χ2n) is 5.29. The van der Waals surface area contributed by atoms with Crippen molar-refractivity contribution in [1.29, 1.82) is 0 Å². The molecule has 2 N–H and O–H groups in total. The molecule has 22 heavy (non-hydrogen) atoms. The van der Waals surface area contributed by atoms with Gasteiger partial charge in [-0.15, -0.1) is 0 Å². The average Bonchev–Trinajstić information content (AvgIpc) is 3.07. The van der Waals surface area contributed by atoms with Crippen LogP contribution >= 0.6 is 0 Å². The average molecular weight is 301 g/mol. The molecule has 1 fully saturated rings. The second-order valence-corrected chi connectivity index (χ2v) is 5.29. The molecule has 1 aliphatic rings. The molecule has 5 heteroatoms. The highest BCUT2D eigenvalue weighted by Gasteiger charge is 2.17. The molecular weight excluding hydrogens is 278 g/mol. The standard InChI is InChI=1S/C17H23N3O2/c21-16(20-13-4-5-14-20)10-12-19-17(22)18-11-6-9-15-7-2-1-3-8-15/h1-3,6-9H,4-5,10-14H2,(H2,18,19,22). The van der Waals surface area contributed by atoms with Crippen molar-refractivity contribution < 1.29 is 9.59 Å². The van der Waals surface area contributed by atoms with Crippen molar-refractivity contribution >= 4 is 18.0 Å². The zero-order valence-electron chi connectivity index (χ0n) is 12.8. The Morgan fingerprint density at radius 3 is 2.55 bits per heavy atom. The van der Waals surface area contributed by atoms with E-state index < -0.39 is 0 Å². The third-order valence-electron chi connectivity index (χ3n) is 3.57. The lowest BCUT2D eigenvalue weighted by Gasteiger charge is -2.15. The van der Waals surface area contributed by atoms with Gasteiger partial charge in [-0.25, -0.2) is 4.79 Å². The van der Waals surface area contributed by atoms with Crippen molar-refractivity contribution in [2.45, 2.75) is 19.3 Å². The normalized spacial score (nSPS) is 14.3. The minimum absolute atomic E-state index is 0.127. The quantitative estimate of drug-likeness (QED) is 0.844. The summed E-state index contributed by atoms with van der Waals surface area (Å²) < 4.78 is 0. The minimum Gasteiger partial charge on any atom is -0.343 e. The van der Waals surface area contributed by atoms with Crippen molar-refractivity contribution in [3.8, 4) is 0 Å². The predicted molar refractivity (Wildman–Crippen MR) is 87.3 cm³/mol. The topological polar surface area (TPSA) is 61.4 Å². The van der Waals surface area contributed by atoms with Crippen molar-refractivity contribution in [2.75, 3.05) is 26.2 Å². The lowest BCUT2D eigenvalue weighted by atomic mass is 10.2. The van der Waals surface area contributed by atoms with E-state index in [0.29, 0.717) is 19.5 Å². The maximum atomic E-state index is 11.8. The van der Waals surface area contributed by atoms with Crippen LogP contribution in [0.1, 0.15) is 24.8 Å². The summed E-state index contributed by atoms with van der Waals surface area (Å²) in [5.74, 6) is 0.127. The van der Waals surface area contributed by atoms with Crippen LogP contribution in [0.2, 0.25) is 0 Å². The fourth-order valence-electron chi connectivity index (χ4n) is 2.38. The summed E-state index contributed by atoms with van der Waals surface area (Å²) in [6, 6.07) is 9.66. The van der Waals surface area contributed by atoms with Crippen molar-refractivity contribution in [3.63, 3.8) is 0 Å². The Bertz CT molecular complexity index is 508. The molecular formula is C17H23N3O2. The largest absolute Gasteiger partial charge is 0.343 e. The van der Waals surface area contributed by atoms with E-state index in [1.54, 1.807) is 0 Å². The first-order valence-corrected chi connectivity index (χ1v) is 7.77. The summed E-state index contributed by atoms with van der Waals surface area (Å²) in [5.41, 5.74) is 1.10. The van der Waals surface area contributed by atoms with Gasteiger partial charge in [0.05, 0.1) is 0 Å². The first-order valence-electron chi connectivity index (χ1n) is 7.77. The number of nitrogens with zero attached hydrogens (tertiary/aromatic N) is 1. The molecule has 1 saturated heterocycles. The van der Waals surface area contributed by atoms with E-state index >= 15 is 0 Å². The van der Waals surface area contributed by atoms with Crippen LogP contribution in [0.3, 0.4) is 0 Å². The fourth-order valence-corrected chi connectivity index (χ4v) is 2.38. The van der Waals surface area contributed by atoms with E-state index in [-0.39, 0.29) is 11.9 Å². The molecule has 118 valence electrons. The van der Waals surface area contributed by atoms with Crippen LogP contribution in [0, 0.1) is 0 Å². The lowest BCUT2D eigenvalue weighted by Crippen LogP contribution is -2.38.